The van der Waals surface area contributed by atoms with Crippen molar-refractivity contribution in [3.63, 3.8) is 0 Å². The average molecular weight is 484 g/mol. The first kappa shape index (κ1) is 26.0. The first-order valence-corrected chi connectivity index (χ1v) is 11.6. The third kappa shape index (κ3) is 6.51. The van der Waals surface area contributed by atoms with Crippen LogP contribution >= 0.6 is 0 Å². The molecule has 2 aromatic carbocycles. The number of pyridine rings is 1. The molecule has 0 aliphatic heterocycles. The zero-order valence-electron chi connectivity index (χ0n) is 20.9. The molecule has 2 heterocycles. The summed E-state index contributed by atoms with van der Waals surface area (Å²) in [6.07, 6.45) is 1.64. The molecule has 0 saturated heterocycles. The topological polar surface area (TPSA) is 75.3 Å². The molecule has 0 bridgehead atoms. The fourth-order valence-corrected chi connectivity index (χ4v) is 3.41. The summed E-state index contributed by atoms with van der Waals surface area (Å²) >= 11 is 0. The molecule has 4 rings (SSSR count). The number of benzene rings is 2. The SMILES string of the molecule is CC.COc1ccc(Cn2c(C#Cc3ccccn3)cc(=O)n(Cc3ccc(OC)cc3)c2=O)cc1. The Balaban J connectivity index is 0.00000176. The van der Waals surface area contributed by atoms with Gasteiger partial charge in [0, 0.05) is 12.3 Å². The highest BCUT2D eigenvalue weighted by molar-refractivity contribution is 5.37. The monoisotopic (exact) mass is 483 g/mol. The minimum atomic E-state index is -0.440. The van der Waals surface area contributed by atoms with Crippen LogP contribution in [0, 0.1) is 11.8 Å². The summed E-state index contributed by atoms with van der Waals surface area (Å²) in [5, 5.41) is 0. The first-order chi connectivity index (χ1) is 17.6. The van der Waals surface area contributed by atoms with E-state index in [1.807, 2.05) is 56.3 Å². The molecule has 0 aliphatic rings. The van der Waals surface area contributed by atoms with Crippen molar-refractivity contribution in [3.05, 3.63) is 122 Å². The zero-order chi connectivity index (χ0) is 25.9. The predicted octanol–water partition coefficient (Wildman–Crippen LogP) is 3.94. The number of ether oxygens (including phenoxy) is 2. The molecule has 0 amide bonds. The lowest BCUT2D eigenvalue weighted by Crippen LogP contribution is -2.41. The lowest BCUT2D eigenvalue weighted by molar-refractivity contribution is 0.414. The second-order valence-electron chi connectivity index (χ2n) is 7.48. The van der Waals surface area contributed by atoms with Crippen molar-refractivity contribution in [2.75, 3.05) is 14.2 Å². The molecule has 7 heteroatoms. The summed E-state index contributed by atoms with van der Waals surface area (Å²) in [6.45, 7) is 4.39. The maximum absolute atomic E-state index is 13.5. The lowest BCUT2D eigenvalue weighted by atomic mass is 10.2. The molecule has 0 aliphatic carbocycles. The summed E-state index contributed by atoms with van der Waals surface area (Å²) in [7, 11) is 3.18. The molecule has 2 aromatic heterocycles. The van der Waals surface area contributed by atoms with E-state index in [4.69, 9.17) is 9.47 Å². The molecule has 4 aromatic rings. The van der Waals surface area contributed by atoms with Gasteiger partial charge >= 0.3 is 5.69 Å². The van der Waals surface area contributed by atoms with Crippen molar-refractivity contribution in [1.29, 1.82) is 0 Å². The van der Waals surface area contributed by atoms with Gasteiger partial charge in [-0.15, -0.1) is 0 Å². The molecule has 0 radical (unpaired) electrons. The van der Waals surface area contributed by atoms with Gasteiger partial charge in [0.1, 0.15) is 22.9 Å². The van der Waals surface area contributed by atoms with Gasteiger partial charge in [0.2, 0.25) is 0 Å². The predicted molar refractivity (Wildman–Crippen MR) is 141 cm³/mol. The quantitative estimate of drug-likeness (QED) is 0.388. The van der Waals surface area contributed by atoms with Gasteiger partial charge in [-0.1, -0.05) is 44.2 Å². The largest absolute Gasteiger partial charge is 0.497 e. The maximum atomic E-state index is 13.5. The molecule has 0 saturated carbocycles. The number of nitrogens with zero attached hydrogens (tertiary/aromatic N) is 3. The van der Waals surface area contributed by atoms with E-state index < -0.39 is 11.2 Å². The Morgan fingerprint density at radius 1 is 0.750 bits per heavy atom. The van der Waals surface area contributed by atoms with Crippen LogP contribution in [0.2, 0.25) is 0 Å². The van der Waals surface area contributed by atoms with E-state index in [1.165, 1.54) is 15.2 Å². The summed E-state index contributed by atoms with van der Waals surface area (Å²) in [6, 6.07) is 21.4. The Labute approximate surface area is 210 Å². The lowest BCUT2D eigenvalue weighted by Gasteiger charge is -2.13. The summed E-state index contributed by atoms with van der Waals surface area (Å²) in [5.74, 6) is 7.32. The van der Waals surface area contributed by atoms with E-state index in [9.17, 15) is 9.59 Å². The number of methoxy groups -OCH3 is 2. The Kier molecular flexibility index (Phi) is 9.24. The molecular formula is C29H29N3O4. The van der Waals surface area contributed by atoms with Crippen molar-refractivity contribution in [3.8, 4) is 23.3 Å². The molecule has 0 unspecified atom stereocenters. The van der Waals surface area contributed by atoms with Gasteiger partial charge in [0.05, 0.1) is 27.3 Å². The molecule has 36 heavy (non-hydrogen) atoms. The maximum Gasteiger partial charge on any atom is 0.332 e. The molecule has 0 N–H and O–H groups in total. The van der Waals surface area contributed by atoms with Crippen molar-refractivity contribution < 1.29 is 9.47 Å². The van der Waals surface area contributed by atoms with E-state index in [0.717, 1.165) is 16.9 Å². The Bertz CT molecular complexity index is 1440. The number of hydrogen-bond acceptors (Lipinski definition) is 5. The van der Waals surface area contributed by atoms with E-state index in [-0.39, 0.29) is 13.1 Å². The smallest absolute Gasteiger partial charge is 0.332 e. The molecule has 0 spiro atoms. The number of aromatic nitrogens is 3. The van der Waals surface area contributed by atoms with Crippen LogP contribution < -0.4 is 20.7 Å². The van der Waals surface area contributed by atoms with Crippen LogP contribution in [0.5, 0.6) is 11.5 Å². The Morgan fingerprint density at radius 2 is 1.31 bits per heavy atom. The van der Waals surface area contributed by atoms with Crippen LogP contribution in [-0.4, -0.2) is 28.3 Å². The molecule has 0 fully saturated rings. The molecule has 184 valence electrons. The van der Waals surface area contributed by atoms with Crippen molar-refractivity contribution in [2.45, 2.75) is 26.9 Å². The molecule has 7 nitrogen and oxygen atoms in total. The highest BCUT2D eigenvalue weighted by atomic mass is 16.5. The summed E-state index contributed by atoms with van der Waals surface area (Å²) in [4.78, 5) is 30.6. The van der Waals surface area contributed by atoms with Gasteiger partial charge in [-0.25, -0.2) is 9.78 Å². The normalized spacial score (nSPS) is 9.89. The fraction of sp³-hybridized carbons (Fsp3) is 0.207. The van der Waals surface area contributed by atoms with E-state index >= 15 is 0 Å². The Hall–Kier alpha value is -4.57. The number of hydrogen-bond donors (Lipinski definition) is 0. The van der Waals surface area contributed by atoms with Crippen LogP contribution in [0.3, 0.4) is 0 Å². The van der Waals surface area contributed by atoms with Gasteiger partial charge in [-0.05, 0) is 59.4 Å². The third-order valence-electron chi connectivity index (χ3n) is 5.26. The average Bonchev–Trinajstić information content (AvgIpc) is 2.94. The summed E-state index contributed by atoms with van der Waals surface area (Å²) < 4.78 is 13.1. The zero-order valence-corrected chi connectivity index (χ0v) is 20.9. The van der Waals surface area contributed by atoms with Gasteiger partial charge in [-0.3, -0.25) is 13.9 Å². The third-order valence-corrected chi connectivity index (χ3v) is 5.26. The van der Waals surface area contributed by atoms with Crippen LogP contribution in [0.4, 0.5) is 0 Å². The second kappa shape index (κ2) is 12.8. The van der Waals surface area contributed by atoms with Crippen LogP contribution in [0.1, 0.15) is 36.4 Å². The highest BCUT2D eigenvalue weighted by Crippen LogP contribution is 2.13. The van der Waals surface area contributed by atoms with Crippen molar-refractivity contribution in [2.24, 2.45) is 0 Å². The van der Waals surface area contributed by atoms with E-state index in [2.05, 4.69) is 16.8 Å². The standard InChI is InChI=1S/C27H23N3O4.C2H6/c1-33-24-12-6-20(7-13-24)18-29-23(11-10-22-5-3-4-16-28-22)17-26(31)30(27(29)32)19-21-8-14-25(34-2)15-9-21;1-2/h3-9,12-17H,18-19H2,1-2H3;1-2H3. The van der Waals surface area contributed by atoms with Gasteiger partial charge in [0.15, 0.2) is 0 Å². The molecule has 0 atom stereocenters. The van der Waals surface area contributed by atoms with Gasteiger partial charge in [0.25, 0.3) is 5.56 Å². The van der Waals surface area contributed by atoms with E-state index in [0.29, 0.717) is 17.1 Å². The molecular weight excluding hydrogens is 454 g/mol. The van der Waals surface area contributed by atoms with Crippen molar-refractivity contribution in [1.82, 2.24) is 14.1 Å². The van der Waals surface area contributed by atoms with Crippen LogP contribution in [-0.2, 0) is 13.1 Å². The highest BCUT2D eigenvalue weighted by Gasteiger charge is 2.12. The Morgan fingerprint density at radius 3 is 1.81 bits per heavy atom. The van der Waals surface area contributed by atoms with Crippen molar-refractivity contribution >= 4 is 0 Å². The van der Waals surface area contributed by atoms with Crippen LogP contribution in [0.15, 0.2) is 88.6 Å². The summed E-state index contributed by atoms with van der Waals surface area (Å²) in [5.41, 5.74) is 1.69. The minimum absolute atomic E-state index is 0.137. The number of rotatable bonds is 6. The first-order valence-electron chi connectivity index (χ1n) is 11.6. The van der Waals surface area contributed by atoms with Gasteiger partial charge in [-0.2, -0.15) is 0 Å². The van der Waals surface area contributed by atoms with E-state index in [1.54, 1.807) is 44.7 Å². The fourth-order valence-electron chi connectivity index (χ4n) is 3.41. The van der Waals surface area contributed by atoms with Crippen LogP contribution in [0.25, 0.3) is 0 Å². The van der Waals surface area contributed by atoms with Gasteiger partial charge < -0.3 is 9.47 Å². The minimum Gasteiger partial charge on any atom is -0.497 e. The second-order valence-corrected chi connectivity index (χ2v) is 7.48.